The van der Waals surface area contributed by atoms with Gasteiger partial charge in [0.15, 0.2) is 0 Å². The van der Waals surface area contributed by atoms with Crippen molar-refractivity contribution in [3.05, 3.63) is 54.1 Å². The Morgan fingerprint density at radius 1 is 0.871 bits per heavy atom. The maximum atomic E-state index is 12.9. The number of hydrogen-bond acceptors (Lipinski definition) is 5. The summed E-state index contributed by atoms with van der Waals surface area (Å²) in [4.78, 5) is 12.8. The van der Waals surface area contributed by atoms with Gasteiger partial charge in [0.25, 0.3) is 5.91 Å². The Balaban J connectivity index is 1.75. The van der Waals surface area contributed by atoms with Crippen LogP contribution < -0.4 is 5.32 Å². The number of amides is 1. The van der Waals surface area contributed by atoms with Crippen LogP contribution in [0.4, 0.5) is 5.69 Å². The molecule has 2 aromatic carbocycles. The standard InChI is InChI=1S/C21H27N3O5S2/c1-23(2)30(26,27)20-9-7-8-17(16-20)21(25)22-18-10-12-19(13-11-18)31(28,29)24-14-5-3-4-6-15-24/h7-13,16H,3-6,14-15H2,1-2H3,(H,22,25). The van der Waals surface area contributed by atoms with E-state index in [2.05, 4.69) is 5.32 Å². The van der Waals surface area contributed by atoms with Crippen LogP contribution in [0.15, 0.2) is 58.3 Å². The van der Waals surface area contributed by atoms with Crippen molar-refractivity contribution in [2.75, 3.05) is 32.5 Å². The number of anilines is 1. The number of nitrogens with one attached hydrogen (secondary N) is 1. The van der Waals surface area contributed by atoms with Gasteiger partial charge in [-0.15, -0.1) is 0 Å². The van der Waals surface area contributed by atoms with Gasteiger partial charge in [-0.25, -0.2) is 21.1 Å². The zero-order valence-corrected chi connectivity index (χ0v) is 19.2. The Morgan fingerprint density at radius 2 is 1.48 bits per heavy atom. The first kappa shape index (κ1) is 23.4. The molecule has 1 N–H and O–H groups in total. The van der Waals surface area contributed by atoms with Crippen LogP contribution in [0.5, 0.6) is 0 Å². The summed E-state index contributed by atoms with van der Waals surface area (Å²) in [5.74, 6) is -0.487. The minimum atomic E-state index is -3.66. The van der Waals surface area contributed by atoms with Crippen molar-refractivity contribution >= 4 is 31.6 Å². The molecular formula is C21H27N3O5S2. The van der Waals surface area contributed by atoms with Gasteiger partial charge >= 0.3 is 0 Å². The summed E-state index contributed by atoms with van der Waals surface area (Å²) in [6.45, 7) is 1.04. The monoisotopic (exact) mass is 465 g/mol. The van der Waals surface area contributed by atoms with Gasteiger partial charge < -0.3 is 5.32 Å². The third kappa shape index (κ3) is 5.32. The number of sulfonamides is 2. The van der Waals surface area contributed by atoms with Crippen LogP contribution >= 0.6 is 0 Å². The van der Waals surface area contributed by atoms with Crippen LogP contribution in [0.3, 0.4) is 0 Å². The summed E-state index contributed by atoms with van der Waals surface area (Å²) in [7, 11) is -4.38. The molecule has 0 saturated carbocycles. The predicted octanol–water partition coefficient (Wildman–Crippen LogP) is 2.75. The number of carbonyl (C=O) groups is 1. The third-order valence-electron chi connectivity index (χ3n) is 5.19. The molecule has 0 aromatic heterocycles. The van der Waals surface area contributed by atoms with Crippen LogP contribution in [-0.4, -0.2) is 58.5 Å². The number of carbonyl (C=O) groups excluding carboxylic acids is 1. The number of nitrogens with zero attached hydrogens (tertiary/aromatic N) is 2. The van der Waals surface area contributed by atoms with Crippen molar-refractivity contribution in [1.82, 2.24) is 8.61 Å². The SMILES string of the molecule is CN(C)S(=O)(=O)c1cccc(C(=O)Nc2ccc(S(=O)(=O)N3CCCCCC3)cc2)c1. The van der Waals surface area contributed by atoms with E-state index < -0.39 is 26.0 Å². The lowest BCUT2D eigenvalue weighted by Gasteiger charge is -2.20. The van der Waals surface area contributed by atoms with Crippen LogP contribution in [0.2, 0.25) is 0 Å². The molecule has 1 aliphatic rings. The summed E-state index contributed by atoms with van der Waals surface area (Å²) < 4.78 is 52.9. The molecule has 31 heavy (non-hydrogen) atoms. The normalized spacial score (nSPS) is 16.1. The van der Waals surface area contributed by atoms with Crippen molar-refractivity contribution in [2.24, 2.45) is 0 Å². The maximum absolute atomic E-state index is 12.9. The van der Waals surface area contributed by atoms with Crippen molar-refractivity contribution in [3.63, 3.8) is 0 Å². The maximum Gasteiger partial charge on any atom is 0.255 e. The highest BCUT2D eigenvalue weighted by atomic mass is 32.2. The number of rotatable bonds is 6. The van der Waals surface area contributed by atoms with Crippen molar-refractivity contribution in [1.29, 1.82) is 0 Å². The summed E-state index contributed by atoms with van der Waals surface area (Å²) in [6, 6.07) is 11.8. The minimum absolute atomic E-state index is 0.0176. The number of hydrogen-bond donors (Lipinski definition) is 1. The molecule has 0 radical (unpaired) electrons. The molecule has 1 fully saturated rings. The van der Waals surface area contributed by atoms with Crippen LogP contribution in [0.1, 0.15) is 36.0 Å². The quantitative estimate of drug-likeness (QED) is 0.706. The largest absolute Gasteiger partial charge is 0.322 e. The van der Waals surface area contributed by atoms with Crippen molar-refractivity contribution < 1.29 is 21.6 Å². The fourth-order valence-electron chi connectivity index (χ4n) is 3.35. The van der Waals surface area contributed by atoms with Crippen LogP contribution in [-0.2, 0) is 20.0 Å². The topological polar surface area (TPSA) is 104 Å². The Hall–Kier alpha value is -2.27. The van der Waals surface area contributed by atoms with E-state index in [9.17, 15) is 21.6 Å². The zero-order valence-electron chi connectivity index (χ0n) is 17.6. The van der Waals surface area contributed by atoms with Gasteiger partial charge in [-0.2, -0.15) is 4.31 Å². The highest BCUT2D eigenvalue weighted by molar-refractivity contribution is 7.89. The Kier molecular flexibility index (Phi) is 7.15. The molecule has 0 atom stereocenters. The van der Waals surface area contributed by atoms with Gasteiger partial charge in [0, 0.05) is 38.4 Å². The lowest BCUT2D eigenvalue weighted by Crippen LogP contribution is -2.31. The van der Waals surface area contributed by atoms with Gasteiger partial charge in [0.2, 0.25) is 20.0 Å². The average Bonchev–Trinajstić information content (AvgIpc) is 3.04. The van der Waals surface area contributed by atoms with Gasteiger partial charge in [-0.05, 0) is 55.3 Å². The molecule has 3 rings (SSSR count). The fraction of sp³-hybridized carbons (Fsp3) is 0.381. The summed E-state index contributed by atoms with van der Waals surface area (Å²) in [5.41, 5.74) is 0.602. The summed E-state index contributed by atoms with van der Waals surface area (Å²) in [6.07, 6.45) is 3.79. The lowest BCUT2D eigenvalue weighted by atomic mass is 10.2. The van der Waals surface area contributed by atoms with Gasteiger partial charge in [0.1, 0.15) is 0 Å². The van der Waals surface area contributed by atoms with Gasteiger partial charge in [-0.3, -0.25) is 4.79 Å². The third-order valence-corrected chi connectivity index (χ3v) is 8.91. The summed E-state index contributed by atoms with van der Waals surface area (Å²) >= 11 is 0. The molecule has 168 valence electrons. The van der Waals surface area contributed by atoms with E-state index in [1.807, 2.05) is 0 Å². The molecular weight excluding hydrogens is 438 g/mol. The fourth-order valence-corrected chi connectivity index (χ4v) is 5.82. The van der Waals surface area contributed by atoms with E-state index in [1.54, 1.807) is 0 Å². The van der Waals surface area contributed by atoms with E-state index in [-0.39, 0.29) is 15.4 Å². The molecule has 0 spiro atoms. The van der Waals surface area contributed by atoms with Crippen molar-refractivity contribution in [3.8, 4) is 0 Å². The Labute approximate surface area is 184 Å². The molecule has 0 unspecified atom stereocenters. The minimum Gasteiger partial charge on any atom is -0.322 e. The first-order chi connectivity index (χ1) is 14.6. The summed E-state index contributed by atoms with van der Waals surface area (Å²) in [5, 5.41) is 2.68. The molecule has 0 aliphatic carbocycles. The second-order valence-electron chi connectivity index (χ2n) is 7.61. The van der Waals surface area contributed by atoms with Crippen LogP contribution in [0, 0.1) is 0 Å². The van der Waals surface area contributed by atoms with Gasteiger partial charge in [0.05, 0.1) is 9.79 Å². The van der Waals surface area contributed by atoms with E-state index in [0.717, 1.165) is 30.0 Å². The van der Waals surface area contributed by atoms with Crippen molar-refractivity contribution in [2.45, 2.75) is 35.5 Å². The molecule has 2 aromatic rings. The average molecular weight is 466 g/mol. The zero-order chi connectivity index (χ0) is 22.6. The number of benzene rings is 2. The smallest absolute Gasteiger partial charge is 0.255 e. The van der Waals surface area contributed by atoms with Gasteiger partial charge in [-0.1, -0.05) is 18.9 Å². The van der Waals surface area contributed by atoms with Crippen LogP contribution in [0.25, 0.3) is 0 Å². The molecule has 0 bridgehead atoms. The lowest BCUT2D eigenvalue weighted by molar-refractivity contribution is 0.102. The molecule has 1 aliphatic heterocycles. The van der Waals surface area contributed by atoms with E-state index in [4.69, 9.17) is 0 Å². The molecule has 1 saturated heterocycles. The van der Waals surface area contributed by atoms with E-state index >= 15 is 0 Å². The molecule has 10 heteroatoms. The van der Waals surface area contributed by atoms with E-state index in [1.165, 1.54) is 66.9 Å². The molecule has 1 amide bonds. The van der Waals surface area contributed by atoms with E-state index in [0.29, 0.717) is 18.8 Å². The Bertz CT molecular complexity index is 1140. The second kappa shape index (κ2) is 9.47. The molecule has 8 nitrogen and oxygen atoms in total. The Morgan fingerprint density at radius 3 is 2.06 bits per heavy atom. The highest BCUT2D eigenvalue weighted by Gasteiger charge is 2.25. The first-order valence-electron chi connectivity index (χ1n) is 10.1. The predicted molar refractivity (Wildman–Crippen MR) is 119 cm³/mol. The second-order valence-corrected chi connectivity index (χ2v) is 11.7. The molecule has 1 heterocycles. The highest BCUT2D eigenvalue weighted by Crippen LogP contribution is 2.22. The first-order valence-corrected chi connectivity index (χ1v) is 12.9.